The van der Waals surface area contributed by atoms with Gasteiger partial charge in [0.1, 0.15) is 5.75 Å². The Morgan fingerprint density at radius 2 is 2.16 bits per heavy atom. The largest absolute Gasteiger partial charge is 0.494 e. The van der Waals surface area contributed by atoms with Gasteiger partial charge >= 0.3 is 6.18 Å². The van der Waals surface area contributed by atoms with Crippen LogP contribution in [0.1, 0.15) is 36.6 Å². The molecule has 0 aliphatic heterocycles. The van der Waals surface area contributed by atoms with Gasteiger partial charge < -0.3 is 15.4 Å². The van der Waals surface area contributed by atoms with Crippen LogP contribution in [0.15, 0.2) is 18.2 Å². The van der Waals surface area contributed by atoms with Crippen LogP contribution in [-0.4, -0.2) is 33.5 Å². The zero-order chi connectivity index (χ0) is 22.8. The maximum atomic E-state index is 13.1. The number of thiocarbonyl (C=S) groups is 1. The zero-order valence-electron chi connectivity index (χ0n) is 16.3. The van der Waals surface area contributed by atoms with Crippen LogP contribution in [0.3, 0.4) is 0 Å². The molecule has 0 spiro atoms. The minimum absolute atomic E-state index is 0.0152. The van der Waals surface area contributed by atoms with Crippen molar-refractivity contribution in [2.24, 2.45) is 0 Å². The highest BCUT2D eigenvalue weighted by Crippen LogP contribution is 2.46. The van der Waals surface area contributed by atoms with Crippen molar-refractivity contribution in [3.8, 4) is 5.75 Å². The Morgan fingerprint density at radius 3 is 2.74 bits per heavy atom. The summed E-state index contributed by atoms with van der Waals surface area (Å²) in [4.78, 5) is 10.3. The summed E-state index contributed by atoms with van der Waals surface area (Å²) in [6, 6.07) is 4.05. The molecule has 1 fully saturated rings. The number of hydrogen-bond donors (Lipinski definition) is 2. The van der Waals surface area contributed by atoms with Gasteiger partial charge in [0.15, 0.2) is 10.8 Å². The maximum Gasteiger partial charge on any atom is 0.436 e. The van der Waals surface area contributed by atoms with Gasteiger partial charge in [-0.15, -0.1) is 0 Å². The Hall–Kier alpha value is -2.60. The Bertz CT molecular complexity index is 995. The van der Waals surface area contributed by atoms with E-state index in [0.29, 0.717) is 24.3 Å². The van der Waals surface area contributed by atoms with E-state index in [4.69, 9.17) is 28.6 Å². The number of alkyl halides is 3. The molecule has 0 unspecified atom stereocenters. The van der Waals surface area contributed by atoms with Gasteiger partial charge in [-0.1, -0.05) is 11.6 Å². The molecular formula is C18H19ClF3N5O3S. The van der Waals surface area contributed by atoms with Crippen LogP contribution < -0.4 is 15.4 Å². The van der Waals surface area contributed by atoms with Gasteiger partial charge in [0.2, 0.25) is 0 Å². The fourth-order valence-electron chi connectivity index (χ4n) is 3.05. The highest BCUT2D eigenvalue weighted by Gasteiger charge is 2.41. The number of methoxy groups -OCH3 is 1. The minimum Gasteiger partial charge on any atom is -0.494 e. The summed E-state index contributed by atoms with van der Waals surface area (Å²) in [5.74, 6) is 0.264. The van der Waals surface area contributed by atoms with Crippen LogP contribution in [-0.2, 0) is 12.7 Å². The number of anilines is 1. The number of non-ortho nitro benzene ring substituents is 1. The molecule has 0 radical (unpaired) electrons. The molecule has 1 aromatic carbocycles. The smallest absolute Gasteiger partial charge is 0.436 e. The first-order valence-electron chi connectivity index (χ1n) is 9.32. The summed E-state index contributed by atoms with van der Waals surface area (Å²) >= 11 is 11.2. The number of nitro groups is 1. The normalized spacial score (nSPS) is 13.7. The van der Waals surface area contributed by atoms with E-state index in [1.165, 1.54) is 30.0 Å². The van der Waals surface area contributed by atoms with E-state index >= 15 is 0 Å². The van der Waals surface area contributed by atoms with Crippen LogP contribution >= 0.6 is 23.8 Å². The number of hydrogen-bond acceptors (Lipinski definition) is 5. The summed E-state index contributed by atoms with van der Waals surface area (Å²) in [6.45, 7) is 0.613. The van der Waals surface area contributed by atoms with Crippen molar-refractivity contribution in [3.05, 3.63) is 44.7 Å². The second-order valence-electron chi connectivity index (χ2n) is 6.92. The van der Waals surface area contributed by atoms with Crippen molar-refractivity contribution in [2.45, 2.75) is 37.9 Å². The molecule has 31 heavy (non-hydrogen) atoms. The lowest BCUT2D eigenvalue weighted by atomic mass is 10.2. The number of nitrogens with zero attached hydrogens (tertiary/aromatic N) is 3. The third-order valence-electron chi connectivity index (χ3n) is 4.64. The van der Waals surface area contributed by atoms with Crippen LogP contribution in [0, 0.1) is 10.1 Å². The van der Waals surface area contributed by atoms with E-state index in [1.54, 1.807) is 0 Å². The summed E-state index contributed by atoms with van der Waals surface area (Å²) in [6.07, 6.45) is -2.55. The molecule has 1 saturated carbocycles. The standard InChI is InChI=1S/C18H19ClF3N5O3S/c1-30-13-9-11(27(28)29)5-6-12(13)24-17(31)23-7-2-8-26-15(10-3-4-10)14(19)16(25-26)18(20,21)22/h5-6,9-10H,2-4,7-8H2,1H3,(H2,23,24,31). The van der Waals surface area contributed by atoms with Crippen molar-refractivity contribution in [2.75, 3.05) is 19.0 Å². The van der Waals surface area contributed by atoms with Gasteiger partial charge in [0.25, 0.3) is 5.69 Å². The monoisotopic (exact) mass is 477 g/mol. The number of aryl methyl sites for hydroxylation is 1. The number of halogens is 4. The van der Waals surface area contributed by atoms with Gasteiger partial charge in [-0.25, -0.2) is 0 Å². The van der Waals surface area contributed by atoms with Crippen LogP contribution in [0.25, 0.3) is 0 Å². The van der Waals surface area contributed by atoms with Crippen molar-refractivity contribution < 1.29 is 22.8 Å². The lowest BCUT2D eigenvalue weighted by molar-refractivity contribution is -0.384. The van der Waals surface area contributed by atoms with Gasteiger partial charge in [-0.3, -0.25) is 14.8 Å². The molecule has 168 valence electrons. The lowest BCUT2D eigenvalue weighted by Gasteiger charge is -2.13. The van der Waals surface area contributed by atoms with E-state index in [2.05, 4.69) is 15.7 Å². The first-order chi connectivity index (χ1) is 14.6. The Morgan fingerprint density at radius 1 is 1.45 bits per heavy atom. The van der Waals surface area contributed by atoms with Crippen LogP contribution in [0.4, 0.5) is 24.5 Å². The van der Waals surface area contributed by atoms with Crippen LogP contribution in [0.2, 0.25) is 5.02 Å². The van der Waals surface area contributed by atoms with E-state index in [-0.39, 0.29) is 34.0 Å². The first kappa shape index (κ1) is 23.1. The Balaban J connectivity index is 1.56. The Kier molecular flexibility index (Phi) is 6.90. The van der Waals surface area contributed by atoms with E-state index in [1.807, 2.05) is 0 Å². The first-order valence-corrected chi connectivity index (χ1v) is 10.1. The van der Waals surface area contributed by atoms with Crippen LogP contribution in [0.5, 0.6) is 5.75 Å². The van der Waals surface area contributed by atoms with Gasteiger partial charge in [0.05, 0.1) is 34.5 Å². The van der Waals surface area contributed by atoms with Crippen molar-refractivity contribution in [1.82, 2.24) is 15.1 Å². The van der Waals surface area contributed by atoms with Gasteiger partial charge in [-0.05, 0) is 37.5 Å². The number of rotatable bonds is 8. The summed E-state index contributed by atoms with van der Waals surface area (Å²) in [5, 5.41) is 20.3. The van der Waals surface area contributed by atoms with Crippen molar-refractivity contribution >= 4 is 40.3 Å². The molecule has 1 aliphatic rings. The average molecular weight is 478 g/mol. The third-order valence-corrected chi connectivity index (χ3v) is 5.26. The van der Waals surface area contributed by atoms with Gasteiger partial charge in [-0.2, -0.15) is 18.3 Å². The summed E-state index contributed by atoms with van der Waals surface area (Å²) in [5.41, 5.74) is -0.295. The predicted octanol–water partition coefficient (Wildman–Crippen LogP) is 4.73. The van der Waals surface area contributed by atoms with E-state index in [9.17, 15) is 23.3 Å². The SMILES string of the molecule is COc1cc([N+](=O)[O-])ccc1NC(=S)NCCCn1nc(C(F)(F)F)c(Cl)c1C1CC1. The molecule has 0 saturated heterocycles. The second-order valence-corrected chi connectivity index (χ2v) is 7.71. The topological polar surface area (TPSA) is 94.3 Å². The number of ether oxygens (including phenoxy) is 1. The van der Waals surface area contributed by atoms with E-state index < -0.39 is 16.8 Å². The van der Waals surface area contributed by atoms with Crippen molar-refractivity contribution in [1.29, 1.82) is 0 Å². The second kappa shape index (κ2) is 9.27. The predicted molar refractivity (Wildman–Crippen MR) is 113 cm³/mol. The minimum atomic E-state index is -4.60. The molecule has 13 heteroatoms. The summed E-state index contributed by atoms with van der Waals surface area (Å²) in [7, 11) is 1.38. The molecular weight excluding hydrogens is 459 g/mol. The molecule has 0 amide bonds. The molecule has 0 bridgehead atoms. The molecule has 8 nitrogen and oxygen atoms in total. The highest BCUT2D eigenvalue weighted by atomic mass is 35.5. The molecule has 1 heterocycles. The number of nitrogens with one attached hydrogen (secondary N) is 2. The third kappa shape index (κ3) is 5.56. The molecule has 2 N–H and O–H groups in total. The average Bonchev–Trinajstić information content (AvgIpc) is 3.47. The summed E-state index contributed by atoms with van der Waals surface area (Å²) < 4.78 is 45.8. The fraction of sp³-hybridized carbons (Fsp3) is 0.444. The van der Waals surface area contributed by atoms with Gasteiger partial charge in [0, 0.05) is 25.1 Å². The lowest BCUT2D eigenvalue weighted by Crippen LogP contribution is -2.30. The molecule has 1 aromatic heterocycles. The quantitative estimate of drug-likeness (QED) is 0.246. The highest BCUT2D eigenvalue weighted by molar-refractivity contribution is 7.80. The molecule has 2 aromatic rings. The zero-order valence-corrected chi connectivity index (χ0v) is 17.9. The number of nitro benzene ring substituents is 1. The number of aromatic nitrogens is 2. The number of benzene rings is 1. The molecule has 1 aliphatic carbocycles. The molecule has 3 rings (SSSR count). The fourth-order valence-corrected chi connectivity index (χ4v) is 3.65. The molecule has 0 atom stereocenters. The van der Waals surface area contributed by atoms with Crippen molar-refractivity contribution in [3.63, 3.8) is 0 Å². The maximum absolute atomic E-state index is 13.1. The Labute approximate surface area is 185 Å². The van der Waals surface area contributed by atoms with E-state index in [0.717, 1.165) is 12.8 Å².